The summed E-state index contributed by atoms with van der Waals surface area (Å²) < 4.78 is 11.9. The molecule has 0 N–H and O–H groups in total. The fraction of sp³-hybridized carbons (Fsp3) is 0.800. The SMILES string of the molecule is CC(C)(C)C(=O)OC[C@@H]1C=C[C@@](C)(C2SCCCS2)O1. The van der Waals surface area contributed by atoms with Crippen LogP contribution in [0.4, 0.5) is 0 Å². The Labute approximate surface area is 130 Å². The highest BCUT2D eigenvalue weighted by atomic mass is 32.2. The van der Waals surface area contributed by atoms with E-state index in [-0.39, 0.29) is 17.7 Å². The van der Waals surface area contributed by atoms with Crippen molar-refractivity contribution in [2.75, 3.05) is 18.1 Å². The molecule has 5 heteroatoms. The zero-order valence-corrected chi connectivity index (χ0v) is 14.3. The number of hydrogen-bond acceptors (Lipinski definition) is 5. The minimum atomic E-state index is -0.458. The second kappa shape index (κ2) is 6.32. The first-order valence-electron chi connectivity index (χ1n) is 7.09. The molecule has 0 spiro atoms. The molecule has 2 heterocycles. The molecule has 114 valence electrons. The smallest absolute Gasteiger partial charge is 0.311 e. The number of hydrogen-bond donors (Lipinski definition) is 0. The minimum absolute atomic E-state index is 0.116. The van der Waals surface area contributed by atoms with Crippen LogP contribution in [0.1, 0.15) is 34.1 Å². The molecule has 1 saturated heterocycles. The zero-order valence-electron chi connectivity index (χ0n) is 12.7. The fourth-order valence-corrected chi connectivity index (χ4v) is 5.25. The lowest BCUT2D eigenvalue weighted by Crippen LogP contribution is -2.38. The van der Waals surface area contributed by atoms with Crippen LogP contribution in [0.2, 0.25) is 0 Å². The van der Waals surface area contributed by atoms with Gasteiger partial charge in [-0.2, -0.15) is 0 Å². The van der Waals surface area contributed by atoms with E-state index in [4.69, 9.17) is 9.47 Å². The van der Waals surface area contributed by atoms with Gasteiger partial charge in [0.25, 0.3) is 0 Å². The minimum Gasteiger partial charge on any atom is -0.462 e. The second-order valence-corrected chi connectivity index (χ2v) is 9.20. The Bertz CT molecular complexity index is 383. The Morgan fingerprint density at radius 1 is 1.40 bits per heavy atom. The van der Waals surface area contributed by atoms with Crippen LogP contribution < -0.4 is 0 Å². The van der Waals surface area contributed by atoms with Crippen molar-refractivity contribution >= 4 is 29.5 Å². The van der Waals surface area contributed by atoms with Crippen LogP contribution in [0.15, 0.2) is 12.2 Å². The molecule has 20 heavy (non-hydrogen) atoms. The van der Waals surface area contributed by atoms with Gasteiger partial charge in [0.1, 0.15) is 18.3 Å². The van der Waals surface area contributed by atoms with Crippen molar-refractivity contribution in [3.05, 3.63) is 12.2 Å². The van der Waals surface area contributed by atoms with Gasteiger partial charge in [0.15, 0.2) is 0 Å². The number of rotatable bonds is 3. The number of esters is 1. The largest absolute Gasteiger partial charge is 0.462 e. The predicted molar refractivity (Wildman–Crippen MR) is 86.2 cm³/mol. The third kappa shape index (κ3) is 3.95. The molecule has 0 aromatic rings. The Morgan fingerprint density at radius 3 is 2.65 bits per heavy atom. The highest BCUT2D eigenvalue weighted by molar-refractivity contribution is 8.17. The van der Waals surface area contributed by atoms with Crippen LogP contribution in [0.25, 0.3) is 0 Å². The lowest BCUT2D eigenvalue weighted by molar-refractivity contribution is -0.157. The predicted octanol–water partition coefficient (Wildman–Crippen LogP) is 3.49. The number of thioether (sulfide) groups is 2. The first kappa shape index (κ1) is 16.2. The van der Waals surface area contributed by atoms with E-state index in [1.165, 1.54) is 17.9 Å². The number of carbonyl (C=O) groups is 1. The molecule has 0 unspecified atom stereocenters. The molecular weight excluding hydrogens is 292 g/mol. The molecular formula is C15H24O3S2. The summed E-state index contributed by atoms with van der Waals surface area (Å²) in [5.41, 5.74) is -0.699. The molecule has 2 aliphatic rings. The van der Waals surface area contributed by atoms with E-state index < -0.39 is 5.41 Å². The molecule has 0 aromatic heterocycles. The third-order valence-corrected chi connectivity index (χ3v) is 6.74. The molecule has 2 atom stereocenters. The second-order valence-electron chi connectivity index (χ2n) is 6.47. The van der Waals surface area contributed by atoms with Crippen LogP contribution >= 0.6 is 23.5 Å². The van der Waals surface area contributed by atoms with Gasteiger partial charge < -0.3 is 9.47 Å². The van der Waals surface area contributed by atoms with E-state index in [1.54, 1.807) is 0 Å². The van der Waals surface area contributed by atoms with Crippen molar-refractivity contribution in [3.63, 3.8) is 0 Å². The Hall–Kier alpha value is -0.130. The van der Waals surface area contributed by atoms with E-state index >= 15 is 0 Å². The number of ether oxygens (including phenoxy) is 2. The van der Waals surface area contributed by atoms with Gasteiger partial charge in [-0.05, 0) is 45.6 Å². The molecule has 0 aliphatic carbocycles. The van der Waals surface area contributed by atoms with Gasteiger partial charge in [-0.1, -0.05) is 12.2 Å². The summed E-state index contributed by atoms with van der Waals surface area (Å²) in [7, 11) is 0. The highest BCUT2D eigenvalue weighted by Crippen LogP contribution is 2.43. The molecule has 2 aliphatic heterocycles. The van der Waals surface area contributed by atoms with Gasteiger partial charge in [0, 0.05) is 0 Å². The van der Waals surface area contributed by atoms with Crippen LogP contribution in [-0.2, 0) is 14.3 Å². The third-order valence-electron chi connectivity index (χ3n) is 3.33. The van der Waals surface area contributed by atoms with Crippen molar-refractivity contribution in [2.24, 2.45) is 5.41 Å². The maximum atomic E-state index is 11.8. The summed E-state index contributed by atoms with van der Waals surface area (Å²) in [4.78, 5) is 11.8. The molecule has 1 fully saturated rings. The Kier molecular flexibility index (Phi) is 5.14. The highest BCUT2D eigenvalue weighted by Gasteiger charge is 2.40. The van der Waals surface area contributed by atoms with Gasteiger partial charge in [-0.25, -0.2) is 0 Å². The van der Waals surface area contributed by atoms with Crippen LogP contribution in [0.3, 0.4) is 0 Å². The number of carbonyl (C=O) groups excluding carboxylic acids is 1. The lowest BCUT2D eigenvalue weighted by atomic mass is 9.97. The maximum absolute atomic E-state index is 11.8. The monoisotopic (exact) mass is 316 g/mol. The lowest BCUT2D eigenvalue weighted by Gasteiger charge is -2.35. The average molecular weight is 316 g/mol. The quantitative estimate of drug-likeness (QED) is 0.588. The Balaban J connectivity index is 1.83. The van der Waals surface area contributed by atoms with Crippen LogP contribution in [0.5, 0.6) is 0 Å². The summed E-state index contributed by atoms with van der Waals surface area (Å²) in [6.07, 6.45) is 5.33. The topological polar surface area (TPSA) is 35.5 Å². The van der Waals surface area contributed by atoms with E-state index in [1.807, 2.05) is 50.4 Å². The molecule has 0 bridgehead atoms. The van der Waals surface area contributed by atoms with Crippen molar-refractivity contribution in [1.82, 2.24) is 0 Å². The average Bonchev–Trinajstić information content (AvgIpc) is 2.79. The van der Waals surface area contributed by atoms with Gasteiger partial charge in [0.2, 0.25) is 0 Å². The van der Waals surface area contributed by atoms with E-state index in [9.17, 15) is 4.79 Å². The first-order valence-corrected chi connectivity index (χ1v) is 9.19. The standard InChI is InChI=1S/C15H24O3S2/c1-14(2,3)12(16)17-10-11-6-7-15(4,18-11)13-19-8-5-9-20-13/h6-7,11,13H,5,8-10H2,1-4H3/t11-,15-/m0/s1. The van der Waals surface area contributed by atoms with Crippen molar-refractivity contribution < 1.29 is 14.3 Å². The molecule has 0 amide bonds. The van der Waals surface area contributed by atoms with E-state index in [0.717, 1.165) is 0 Å². The van der Waals surface area contributed by atoms with Gasteiger partial charge >= 0.3 is 5.97 Å². The van der Waals surface area contributed by atoms with Gasteiger partial charge in [0.05, 0.1) is 10.00 Å². The maximum Gasteiger partial charge on any atom is 0.311 e. The van der Waals surface area contributed by atoms with Gasteiger partial charge in [-0.15, -0.1) is 23.5 Å². The molecule has 0 saturated carbocycles. The van der Waals surface area contributed by atoms with Crippen molar-refractivity contribution in [3.8, 4) is 0 Å². The van der Waals surface area contributed by atoms with E-state index in [0.29, 0.717) is 11.2 Å². The normalized spacial score (nSPS) is 31.5. The summed E-state index contributed by atoms with van der Waals surface area (Å²) >= 11 is 3.94. The van der Waals surface area contributed by atoms with E-state index in [2.05, 4.69) is 13.0 Å². The Morgan fingerprint density at radius 2 is 2.05 bits per heavy atom. The molecule has 0 radical (unpaired) electrons. The fourth-order valence-electron chi connectivity index (χ4n) is 2.12. The zero-order chi connectivity index (χ0) is 14.8. The van der Waals surface area contributed by atoms with Crippen molar-refractivity contribution in [1.29, 1.82) is 0 Å². The summed E-state index contributed by atoms with van der Waals surface area (Å²) in [5.74, 6) is 2.23. The van der Waals surface area contributed by atoms with Gasteiger partial charge in [-0.3, -0.25) is 4.79 Å². The summed E-state index contributed by atoms with van der Waals surface area (Å²) in [5, 5.41) is 0. The molecule has 0 aromatic carbocycles. The van der Waals surface area contributed by atoms with Crippen molar-refractivity contribution in [2.45, 2.75) is 50.4 Å². The van der Waals surface area contributed by atoms with Crippen LogP contribution in [-0.4, -0.2) is 40.4 Å². The van der Waals surface area contributed by atoms with Crippen LogP contribution in [0, 0.1) is 5.41 Å². The summed E-state index contributed by atoms with van der Waals surface area (Å²) in [6.45, 7) is 8.02. The molecule has 2 rings (SSSR count). The molecule has 3 nitrogen and oxygen atoms in total. The summed E-state index contributed by atoms with van der Waals surface area (Å²) in [6, 6.07) is 0. The first-order chi connectivity index (χ1) is 9.31.